The summed E-state index contributed by atoms with van der Waals surface area (Å²) in [5, 5.41) is 2.91. The van der Waals surface area contributed by atoms with Crippen LogP contribution in [-0.4, -0.2) is 31.2 Å². The molecular formula is C18H21ClN2O3S2. The number of benzene rings is 1. The van der Waals surface area contributed by atoms with Crippen molar-refractivity contribution < 1.29 is 13.2 Å². The van der Waals surface area contributed by atoms with Crippen LogP contribution in [0.25, 0.3) is 0 Å². The Bertz CT molecular complexity index is 924. The molecule has 1 fully saturated rings. The molecule has 140 valence electrons. The lowest BCUT2D eigenvalue weighted by molar-refractivity contribution is -0.120. The normalized spacial score (nSPS) is 18.7. The summed E-state index contributed by atoms with van der Waals surface area (Å²) in [5.41, 5.74) is 2.70. The number of nitrogens with zero attached hydrogens (tertiary/aromatic N) is 1. The largest absolute Gasteiger partial charge is 0.324 e. The Kier molecular flexibility index (Phi) is 5.72. The molecule has 0 aliphatic carbocycles. The standard InChI is InChI=1S/C18H21ClN2O3S2/c1-12-6-7-13(2)14(11-12)20-18(22)15-5-3-4-10-21(15)26(23,24)17-9-8-16(19)25-17/h6-9,11,15H,3-5,10H2,1-2H3,(H,20,22). The van der Waals surface area contributed by atoms with Gasteiger partial charge in [0.05, 0.1) is 4.34 Å². The van der Waals surface area contributed by atoms with Gasteiger partial charge in [0, 0.05) is 12.2 Å². The first-order valence-electron chi connectivity index (χ1n) is 8.44. The molecule has 1 saturated heterocycles. The van der Waals surface area contributed by atoms with Gasteiger partial charge in [0.2, 0.25) is 5.91 Å². The van der Waals surface area contributed by atoms with Crippen molar-refractivity contribution in [1.82, 2.24) is 4.31 Å². The lowest BCUT2D eigenvalue weighted by Gasteiger charge is -2.33. The van der Waals surface area contributed by atoms with E-state index in [1.54, 1.807) is 6.07 Å². The first-order valence-corrected chi connectivity index (χ1v) is 11.1. The molecule has 0 spiro atoms. The smallest absolute Gasteiger partial charge is 0.253 e. The summed E-state index contributed by atoms with van der Waals surface area (Å²) < 4.78 is 27.9. The Morgan fingerprint density at radius 2 is 2.00 bits per heavy atom. The molecule has 3 rings (SSSR count). The van der Waals surface area contributed by atoms with Gasteiger partial charge in [-0.05, 0) is 56.0 Å². The van der Waals surface area contributed by atoms with Crippen molar-refractivity contribution in [3.63, 3.8) is 0 Å². The minimum absolute atomic E-state index is 0.175. The maximum absolute atomic E-state index is 13.0. The van der Waals surface area contributed by atoms with Crippen molar-refractivity contribution in [3.05, 3.63) is 45.8 Å². The first kappa shape index (κ1) is 19.4. The molecule has 0 bridgehead atoms. The van der Waals surface area contributed by atoms with E-state index in [-0.39, 0.29) is 10.1 Å². The van der Waals surface area contributed by atoms with Gasteiger partial charge in [0.15, 0.2) is 0 Å². The van der Waals surface area contributed by atoms with Crippen LogP contribution in [0.2, 0.25) is 4.34 Å². The molecule has 1 aromatic carbocycles. The molecule has 2 aromatic rings. The van der Waals surface area contributed by atoms with Crippen LogP contribution in [0.15, 0.2) is 34.5 Å². The van der Waals surface area contributed by atoms with Crippen molar-refractivity contribution in [1.29, 1.82) is 0 Å². The Morgan fingerprint density at radius 1 is 1.23 bits per heavy atom. The number of thiophene rings is 1. The fourth-order valence-corrected chi connectivity index (χ4v) is 6.36. The fraction of sp³-hybridized carbons (Fsp3) is 0.389. The van der Waals surface area contributed by atoms with Gasteiger partial charge >= 0.3 is 0 Å². The minimum Gasteiger partial charge on any atom is -0.324 e. The number of rotatable bonds is 4. The van der Waals surface area contributed by atoms with Crippen LogP contribution in [0.1, 0.15) is 30.4 Å². The summed E-state index contributed by atoms with van der Waals surface area (Å²) in [6.07, 6.45) is 2.07. The average molecular weight is 413 g/mol. The van der Waals surface area contributed by atoms with Crippen molar-refractivity contribution in [2.75, 3.05) is 11.9 Å². The van der Waals surface area contributed by atoms with E-state index >= 15 is 0 Å². The number of piperidine rings is 1. The summed E-state index contributed by atoms with van der Waals surface area (Å²) in [6.45, 7) is 4.20. The summed E-state index contributed by atoms with van der Waals surface area (Å²) in [7, 11) is -3.74. The quantitative estimate of drug-likeness (QED) is 0.818. The Morgan fingerprint density at radius 3 is 2.69 bits per heavy atom. The predicted molar refractivity (Wildman–Crippen MR) is 105 cm³/mol. The van der Waals surface area contributed by atoms with Crippen molar-refractivity contribution >= 4 is 44.6 Å². The van der Waals surface area contributed by atoms with E-state index in [0.29, 0.717) is 17.3 Å². The van der Waals surface area contributed by atoms with Crippen LogP contribution in [0.4, 0.5) is 5.69 Å². The van der Waals surface area contributed by atoms with Gasteiger partial charge in [-0.25, -0.2) is 8.42 Å². The molecule has 0 saturated carbocycles. The van der Waals surface area contributed by atoms with E-state index in [2.05, 4.69) is 5.32 Å². The number of anilines is 1. The second-order valence-electron chi connectivity index (χ2n) is 6.49. The summed E-state index contributed by atoms with van der Waals surface area (Å²) >= 11 is 6.91. The molecule has 26 heavy (non-hydrogen) atoms. The molecule has 0 radical (unpaired) electrons. The van der Waals surface area contributed by atoms with Crippen LogP contribution in [0.5, 0.6) is 0 Å². The third kappa shape index (κ3) is 3.96. The molecule has 1 atom stereocenters. The molecule has 5 nitrogen and oxygen atoms in total. The lowest BCUT2D eigenvalue weighted by atomic mass is 10.0. The van der Waals surface area contributed by atoms with E-state index in [4.69, 9.17) is 11.6 Å². The lowest BCUT2D eigenvalue weighted by Crippen LogP contribution is -2.49. The molecule has 1 N–H and O–H groups in total. The molecule has 1 aliphatic rings. The van der Waals surface area contributed by atoms with Crippen LogP contribution >= 0.6 is 22.9 Å². The number of nitrogens with one attached hydrogen (secondary N) is 1. The SMILES string of the molecule is Cc1ccc(C)c(NC(=O)C2CCCCN2S(=O)(=O)c2ccc(Cl)s2)c1. The Labute approximate surface area is 163 Å². The molecule has 1 aromatic heterocycles. The molecule has 1 aliphatic heterocycles. The van der Waals surface area contributed by atoms with E-state index < -0.39 is 16.1 Å². The maximum atomic E-state index is 13.0. The average Bonchev–Trinajstić information content (AvgIpc) is 3.05. The molecular weight excluding hydrogens is 392 g/mol. The van der Waals surface area contributed by atoms with E-state index in [1.165, 1.54) is 10.4 Å². The number of carbonyl (C=O) groups excluding carboxylic acids is 1. The van der Waals surface area contributed by atoms with E-state index in [9.17, 15) is 13.2 Å². The predicted octanol–water partition coefficient (Wildman–Crippen LogP) is 4.20. The molecule has 1 unspecified atom stereocenters. The third-order valence-electron chi connectivity index (χ3n) is 4.52. The Balaban J connectivity index is 1.87. The van der Waals surface area contributed by atoms with Gasteiger partial charge in [-0.1, -0.05) is 30.2 Å². The van der Waals surface area contributed by atoms with Gasteiger partial charge in [-0.15, -0.1) is 11.3 Å². The zero-order valence-electron chi connectivity index (χ0n) is 14.7. The first-order chi connectivity index (χ1) is 12.3. The maximum Gasteiger partial charge on any atom is 0.253 e. The van der Waals surface area contributed by atoms with Gasteiger partial charge in [-0.2, -0.15) is 4.31 Å². The van der Waals surface area contributed by atoms with Gasteiger partial charge in [-0.3, -0.25) is 4.79 Å². The summed E-state index contributed by atoms with van der Waals surface area (Å²) in [6, 6.07) is 8.16. The number of hydrogen-bond acceptors (Lipinski definition) is 4. The number of amides is 1. The van der Waals surface area contributed by atoms with Gasteiger partial charge < -0.3 is 5.32 Å². The third-order valence-corrected chi connectivity index (χ3v) is 8.13. The van der Waals surface area contributed by atoms with Gasteiger partial charge in [0.1, 0.15) is 10.3 Å². The van der Waals surface area contributed by atoms with E-state index in [0.717, 1.165) is 41.0 Å². The monoisotopic (exact) mass is 412 g/mol. The Hall–Kier alpha value is -1.41. The summed E-state index contributed by atoms with van der Waals surface area (Å²) in [5.74, 6) is -0.287. The fourth-order valence-electron chi connectivity index (χ4n) is 3.09. The second-order valence-corrected chi connectivity index (χ2v) is 10.3. The van der Waals surface area contributed by atoms with Crippen molar-refractivity contribution in [2.45, 2.75) is 43.4 Å². The topological polar surface area (TPSA) is 66.5 Å². The van der Waals surface area contributed by atoms with Crippen LogP contribution in [-0.2, 0) is 14.8 Å². The highest BCUT2D eigenvalue weighted by Gasteiger charge is 2.38. The zero-order valence-corrected chi connectivity index (χ0v) is 17.0. The number of carbonyl (C=O) groups is 1. The van der Waals surface area contributed by atoms with E-state index in [1.807, 2.05) is 32.0 Å². The van der Waals surface area contributed by atoms with Crippen molar-refractivity contribution in [3.8, 4) is 0 Å². The molecule has 1 amide bonds. The van der Waals surface area contributed by atoms with Gasteiger partial charge in [0.25, 0.3) is 10.0 Å². The van der Waals surface area contributed by atoms with Crippen LogP contribution < -0.4 is 5.32 Å². The summed E-state index contributed by atoms with van der Waals surface area (Å²) in [4.78, 5) is 12.9. The number of aryl methyl sites for hydroxylation is 2. The van der Waals surface area contributed by atoms with Crippen molar-refractivity contribution in [2.24, 2.45) is 0 Å². The van der Waals surface area contributed by atoms with Crippen LogP contribution in [0.3, 0.4) is 0 Å². The minimum atomic E-state index is -3.74. The highest BCUT2D eigenvalue weighted by Crippen LogP contribution is 2.32. The number of hydrogen-bond donors (Lipinski definition) is 1. The highest BCUT2D eigenvalue weighted by atomic mass is 35.5. The highest BCUT2D eigenvalue weighted by molar-refractivity contribution is 7.91. The second kappa shape index (κ2) is 7.68. The number of halogens is 1. The van der Waals surface area contributed by atoms with Crippen LogP contribution in [0, 0.1) is 13.8 Å². The molecule has 8 heteroatoms. The number of sulfonamides is 1. The zero-order chi connectivity index (χ0) is 18.9. The molecule has 2 heterocycles.